The average molecular weight is 341 g/mol. The molecule has 0 aliphatic carbocycles. The highest BCUT2D eigenvalue weighted by molar-refractivity contribution is 5.94. The van der Waals surface area contributed by atoms with Crippen LogP contribution in [-0.4, -0.2) is 30.1 Å². The summed E-state index contributed by atoms with van der Waals surface area (Å²) in [5.41, 5.74) is 2.60. The van der Waals surface area contributed by atoms with Gasteiger partial charge in [0.15, 0.2) is 6.61 Å². The summed E-state index contributed by atoms with van der Waals surface area (Å²) in [6, 6.07) is 14.6. The standard InChI is InChI=1S/C20H23NO4/c1-14-7-4-5-10-17(14)20(2,3)13-21-19(24)15-8-6-9-16(11-15)25-12-18(22)23/h4-11H,12-13H2,1-3H3,(H,21,24)(H,22,23). The Morgan fingerprint density at radius 1 is 1.12 bits per heavy atom. The summed E-state index contributed by atoms with van der Waals surface area (Å²) in [4.78, 5) is 23.0. The van der Waals surface area contributed by atoms with Crippen LogP contribution in [0.2, 0.25) is 0 Å². The van der Waals surface area contributed by atoms with Crippen LogP contribution in [0.25, 0.3) is 0 Å². The van der Waals surface area contributed by atoms with Gasteiger partial charge in [-0.05, 0) is 36.2 Å². The minimum Gasteiger partial charge on any atom is -0.482 e. The van der Waals surface area contributed by atoms with Gasteiger partial charge in [0.2, 0.25) is 0 Å². The highest BCUT2D eigenvalue weighted by atomic mass is 16.5. The summed E-state index contributed by atoms with van der Waals surface area (Å²) in [7, 11) is 0. The molecule has 2 N–H and O–H groups in total. The predicted molar refractivity (Wildman–Crippen MR) is 96.1 cm³/mol. The lowest BCUT2D eigenvalue weighted by molar-refractivity contribution is -0.139. The maximum atomic E-state index is 12.4. The van der Waals surface area contributed by atoms with Gasteiger partial charge in [-0.25, -0.2) is 4.79 Å². The number of carbonyl (C=O) groups excluding carboxylic acids is 1. The van der Waals surface area contributed by atoms with Crippen LogP contribution in [0.15, 0.2) is 48.5 Å². The zero-order valence-electron chi connectivity index (χ0n) is 14.7. The van der Waals surface area contributed by atoms with E-state index in [1.165, 1.54) is 11.1 Å². The zero-order chi connectivity index (χ0) is 18.4. The van der Waals surface area contributed by atoms with Gasteiger partial charge in [-0.1, -0.05) is 44.2 Å². The third-order valence-electron chi connectivity index (χ3n) is 4.02. The van der Waals surface area contributed by atoms with Gasteiger partial charge in [0.1, 0.15) is 5.75 Å². The Balaban J connectivity index is 2.03. The maximum absolute atomic E-state index is 12.4. The van der Waals surface area contributed by atoms with Crippen molar-refractivity contribution in [1.29, 1.82) is 0 Å². The number of carbonyl (C=O) groups is 2. The SMILES string of the molecule is Cc1ccccc1C(C)(C)CNC(=O)c1cccc(OCC(=O)O)c1. The van der Waals surface area contributed by atoms with E-state index in [0.29, 0.717) is 17.9 Å². The van der Waals surface area contributed by atoms with Gasteiger partial charge >= 0.3 is 5.97 Å². The molecule has 5 heteroatoms. The lowest BCUT2D eigenvalue weighted by Crippen LogP contribution is -2.37. The number of hydrogen-bond donors (Lipinski definition) is 2. The zero-order valence-corrected chi connectivity index (χ0v) is 14.7. The van der Waals surface area contributed by atoms with Crippen LogP contribution in [0.1, 0.15) is 35.3 Å². The second kappa shape index (κ2) is 7.83. The largest absolute Gasteiger partial charge is 0.482 e. The number of carboxylic acid groups (broad SMARTS) is 1. The molecule has 0 aliphatic rings. The number of nitrogens with one attached hydrogen (secondary N) is 1. The number of amides is 1. The number of carboxylic acids is 1. The van der Waals surface area contributed by atoms with E-state index in [2.05, 4.69) is 38.2 Å². The third kappa shape index (κ3) is 5.08. The summed E-state index contributed by atoms with van der Waals surface area (Å²) < 4.78 is 5.11. The Labute approximate surface area is 147 Å². The molecule has 0 saturated heterocycles. The van der Waals surface area contributed by atoms with Crippen LogP contribution < -0.4 is 10.1 Å². The van der Waals surface area contributed by atoms with Crippen molar-refractivity contribution in [2.24, 2.45) is 0 Å². The van der Waals surface area contributed by atoms with Gasteiger partial charge in [0.25, 0.3) is 5.91 Å². The van der Waals surface area contributed by atoms with E-state index in [-0.39, 0.29) is 11.3 Å². The van der Waals surface area contributed by atoms with Crippen molar-refractivity contribution < 1.29 is 19.4 Å². The quantitative estimate of drug-likeness (QED) is 0.811. The van der Waals surface area contributed by atoms with E-state index < -0.39 is 12.6 Å². The summed E-state index contributed by atoms with van der Waals surface area (Å²) in [5, 5.41) is 11.6. The molecular formula is C20H23NO4. The second-order valence-electron chi connectivity index (χ2n) is 6.59. The van der Waals surface area contributed by atoms with Gasteiger partial charge < -0.3 is 15.2 Å². The van der Waals surface area contributed by atoms with Crippen molar-refractivity contribution in [1.82, 2.24) is 5.32 Å². The van der Waals surface area contributed by atoms with Gasteiger partial charge in [-0.15, -0.1) is 0 Å². The number of ether oxygens (including phenoxy) is 1. The smallest absolute Gasteiger partial charge is 0.341 e. The van der Waals surface area contributed by atoms with Crippen molar-refractivity contribution in [3.63, 3.8) is 0 Å². The van der Waals surface area contributed by atoms with E-state index in [1.807, 2.05) is 12.1 Å². The molecule has 0 spiro atoms. The van der Waals surface area contributed by atoms with E-state index in [1.54, 1.807) is 24.3 Å². The fraction of sp³-hybridized carbons (Fsp3) is 0.300. The number of rotatable bonds is 7. The van der Waals surface area contributed by atoms with Crippen molar-refractivity contribution in [3.05, 3.63) is 65.2 Å². The third-order valence-corrected chi connectivity index (χ3v) is 4.02. The summed E-state index contributed by atoms with van der Waals surface area (Å²) in [5.74, 6) is -0.925. The lowest BCUT2D eigenvalue weighted by atomic mass is 9.82. The fourth-order valence-electron chi connectivity index (χ4n) is 2.70. The number of benzene rings is 2. The van der Waals surface area contributed by atoms with Crippen molar-refractivity contribution in [2.75, 3.05) is 13.2 Å². The van der Waals surface area contributed by atoms with E-state index in [9.17, 15) is 9.59 Å². The Morgan fingerprint density at radius 3 is 2.52 bits per heavy atom. The fourth-order valence-corrected chi connectivity index (χ4v) is 2.70. The normalized spacial score (nSPS) is 11.0. The molecule has 0 aliphatic heterocycles. The van der Waals surface area contributed by atoms with E-state index in [0.717, 1.165) is 0 Å². The molecular weight excluding hydrogens is 318 g/mol. The topological polar surface area (TPSA) is 75.6 Å². The van der Waals surface area contributed by atoms with Crippen molar-refractivity contribution in [2.45, 2.75) is 26.2 Å². The molecule has 132 valence electrons. The molecule has 2 aromatic rings. The minimum atomic E-state index is -1.06. The number of aliphatic carboxylic acids is 1. The average Bonchev–Trinajstić information content (AvgIpc) is 2.58. The Morgan fingerprint density at radius 2 is 1.84 bits per heavy atom. The molecule has 0 radical (unpaired) electrons. The lowest BCUT2D eigenvalue weighted by Gasteiger charge is -2.27. The first kappa shape index (κ1) is 18.5. The molecule has 1 amide bonds. The summed E-state index contributed by atoms with van der Waals surface area (Å²) in [6.45, 7) is 6.27. The van der Waals surface area contributed by atoms with Gasteiger partial charge in [0, 0.05) is 17.5 Å². The molecule has 2 aromatic carbocycles. The molecule has 0 unspecified atom stereocenters. The number of hydrogen-bond acceptors (Lipinski definition) is 3. The predicted octanol–water partition coefficient (Wildman–Crippen LogP) is 3.17. The molecule has 2 rings (SSSR count). The maximum Gasteiger partial charge on any atom is 0.341 e. The monoisotopic (exact) mass is 341 g/mol. The molecule has 0 bridgehead atoms. The Bertz CT molecular complexity index is 768. The van der Waals surface area contributed by atoms with Crippen LogP contribution in [0, 0.1) is 6.92 Å². The number of aryl methyl sites for hydroxylation is 1. The Kier molecular flexibility index (Phi) is 5.80. The minimum absolute atomic E-state index is 0.210. The molecule has 0 fully saturated rings. The molecule has 0 aromatic heterocycles. The van der Waals surface area contributed by atoms with Crippen molar-refractivity contribution in [3.8, 4) is 5.75 Å². The van der Waals surface area contributed by atoms with Crippen LogP contribution >= 0.6 is 0 Å². The molecule has 0 saturated carbocycles. The second-order valence-corrected chi connectivity index (χ2v) is 6.59. The molecule has 0 atom stereocenters. The summed E-state index contributed by atoms with van der Waals surface area (Å²) >= 11 is 0. The first-order chi connectivity index (χ1) is 11.8. The van der Waals surface area contributed by atoms with Crippen molar-refractivity contribution >= 4 is 11.9 Å². The highest BCUT2D eigenvalue weighted by Gasteiger charge is 2.23. The van der Waals surface area contributed by atoms with E-state index in [4.69, 9.17) is 9.84 Å². The summed E-state index contributed by atoms with van der Waals surface area (Å²) in [6.07, 6.45) is 0. The first-order valence-electron chi connectivity index (χ1n) is 8.08. The Hall–Kier alpha value is -2.82. The molecule has 5 nitrogen and oxygen atoms in total. The van der Waals surface area contributed by atoms with Gasteiger partial charge in [-0.2, -0.15) is 0 Å². The first-order valence-corrected chi connectivity index (χ1v) is 8.08. The van der Waals surface area contributed by atoms with Crippen LogP contribution in [0.4, 0.5) is 0 Å². The van der Waals surface area contributed by atoms with Gasteiger partial charge in [0.05, 0.1) is 0 Å². The van der Waals surface area contributed by atoms with E-state index >= 15 is 0 Å². The molecule has 0 heterocycles. The van der Waals surface area contributed by atoms with Gasteiger partial charge in [-0.3, -0.25) is 4.79 Å². The van der Waals surface area contributed by atoms with Crippen LogP contribution in [0.3, 0.4) is 0 Å². The molecule has 25 heavy (non-hydrogen) atoms. The van der Waals surface area contributed by atoms with Crippen LogP contribution in [-0.2, 0) is 10.2 Å². The van der Waals surface area contributed by atoms with Crippen LogP contribution in [0.5, 0.6) is 5.75 Å². The highest BCUT2D eigenvalue weighted by Crippen LogP contribution is 2.25.